The van der Waals surface area contributed by atoms with Gasteiger partial charge in [-0.2, -0.15) is 0 Å². The van der Waals surface area contributed by atoms with E-state index in [1.807, 2.05) is 0 Å². The highest BCUT2D eigenvalue weighted by Gasteiger charge is 2.15. The van der Waals surface area contributed by atoms with Crippen molar-refractivity contribution in [3.05, 3.63) is 64.7 Å². The molecule has 0 bridgehead atoms. The number of carbonyl (C=O) groups excluding carboxylic acids is 1. The molecule has 2 aromatic carbocycles. The van der Waals surface area contributed by atoms with Gasteiger partial charge < -0.3 is 5.73 Å². The molecule has 92 valence electrons. The van der Waals surface area contributed by atoms with E-state index in [0.717, 1.165) is 6.07 Å². The molecule has 0 aliphatic carbocycles. The average molecular weight is 247 g/mol. The minimum Gasteiger partial charge on any atom is -0.399 e. The van der Waals surface area contributed by atoms with Crippen LogP contribution in [-0.4, -0.2) is 5.78 Å². The Morgan fingerprint density at radius 2 is 1.72 bits per heavy atom. The zero-order valence-electron chi connectivity index (χ0n) is 9.71. The predicted octanol–water partition coefficient (Wildman–Crippen LogP) is 3.09. The predicted molar refractivity (Wildman–Crippen MR) is 65.4 cm³/mol. The van der Waals surface area contributed by atoms with Crippen LogP contribution in [0.2, 0.25) is 0 Å². The summed E-state index contributed by atoms with van der Waals surface area (Å²) in [5.74, 6) is -1.56. The lowest BCUT2D eigenvalue weighted by atomic mass is 10.0. The molecule has 4 heteroatoms. The summed E-state index contributed by atoms with van der Waals surface area (Å²) in [5.41, 5.74) is 6.29. The molecule has 18 heavy (non-hydrogen) atoms. The van der Waals surface area contributed by atoms with Crippen LogP contribution in [-0.2, 0) is 0 Å². The summed E-state index contributed by atoms with van der Waals surface area (Å²) in [4.78, 5) is 12.1. The SMILES string of the molecule is Cc1cc(C(=O)c2cc(N)ccc2F)ccc1F. The summed E-state index contributed by atoms with van der Waals surface area (Å²) in [5, 5.41) is 0. The van der Waals surface area contributed by atoms with Gasteiger partial charge in [0.1, 0.15) is 11.6 Å². The molecule has 0 atom stereocenters. The Kier molecular flexibility index (Phi) is 3.10. The first kappa shape index (κ1) is 12.2. The van der Waals surface area contributed by atoms with Crippen LogP contribution in [0.1, 0.15) is 21.5 Å². The lowest BCUT2D eigenvalue weighted by Crippen LogP contribution is -2.06. The second-order valence-corrected chi connectivity index (χ2v) is 4.03. The van der Waals surface area contributed by atoms with Gasteiger partial charge >= 0.3 is 0 Å². The second kappa shape index (κ2) is 4.56. The van der Waals surface area contributed by atoms with Crippen LogP contribution >= 0.6 is 0 Å². The van der Waals surface area contributed by atoms with Crippen molar-refractivity contribution in [3.63, 3.8) is 0 Å². The van der Waals surface area contributed by atoms with Crippen molar-refractivity contribution in [2.45, 2.75) is 6.92 Å². The molecular formula is C14H11F2NO. The maximum Gasteiger partial charge on any atom is 0.196 e. The Balaban J connectivity index is 2.47. The van der Waals surface area contributed by atoms with Crippen molar-refractivity contribution in [2.24, 2.45) is 0 Å². The van der Waals surface area contributed by atoms with Crippen molar-refractivity contribution in [3.8, 4) is 0 Å². The number of halogens is 2. The summed E-state index contributed by atoms with van der Waals surface area (Å²) in [7, 11) is 0. The Morgan fingerprint density at radius 3 is 2.39 bits per heavy atom. The van der Waals surface area contributed by atoms with Gasteiger partial charge in [0.05, 0.1) is 5.56 Å². The van der Waals surface area contributed by atoms with E-state index in [-0.39, 0.29) is 11.1 Å². The Hall–Kier alpha value is -2.23. The first-order chi connectivity index (χ1) is 8.49. The Labute approximate surface area is 103 Å². The molecule has 0 saturated heterocycles. The molecule has 2 nitrogen and oxygen atoms in total. The number of benzene rings is 2. The summed E-state index contributed by atoms with van der Waals surface area (Å²) in [6, 6.07) is 7.69. The van der Waals surface area contributed by atoms with Gasteiger partial charge in [-0.15, -0.1) is 0 Å². The van der Waals surface area contributed by atoms with Crippen LogP contribution in [0, 0.1) is 18.6 Å². The quantitative estimate of drug-likeness (QED) is 0.654. The van der Waals surface area contributed by atoms with Crippen molar-refractivity contribution in [1.29, 1.82) is 0 Å². The van der Waals surface area contributed by atoms with E-state index < -0.39 is 17.4 Å². The summed E-state index contributed by atoms with van der Waals surface area (Å²) in [6.07, 6.45) is 0. The van der Waals surface area contributed by atoms with Crippen LogP contribution in [0.5, 0.6) is 0 Å². The van der Waals surface area contributed by atoms with Crippen LogP contribution in [0.4, 0.5) is 14.5 Å². The van der Waals surface area contributed by atoms with E-state index in [4.69, 9.17) is 5.73 Å². The molecule has 2 rings (SSSR count). The first-order valence-electron chi connectivity index (χ1n) is 5.35. The number of anilines is 1. The van der Waals surface area contributed by atoms with Crippen molar-refractivity contribution < 1.29 is 13.6 Å². The third-order valence-electron chi connectivity index (χ3n) is 2.66. The lowest BCUT2D eigenvalue weighted by Gasteiger charge is -2.05. The highest BCUT2D eigenvalue weighted by Crippen LogP contribution is 2.18. The van der Waals surface area contributed by atoms with Gasteiger partial charge in [-0.05, 0) is 48.9 Å². The van der Waals surface area contributed by atoms with Gasteiger partial charge in [-0.3, -0.25) is 4.79 Å². The highest BCUT2D eigenvalue weighted by molar-refractivity contribution is 6.09. The number of carbonyl (C=O) groups is 1. The van der Waals surface area contributed by atoms with Gasteiger partial charge in [0.2, 0.25) is 0 Å². The molecule has 0 heterocycles. The largest absolute Gasteiger partial charge is 0.399 e. The van der Waals surface area contributed by atoms with Crippen LogP contribution in [0.25, 0.3) is 0 Å². The molecule has 0 saturated carbocycles. The van der Waals surface area contributed by atoms with E-state index in [1.165, 1.54) is 30.3 Å². The smallest absolute Gasteiger partial charge is 0.196 e. The molecular weight excluding hydrogens is 236 g/mol. The van der Waals surface area contributed by atoms with Gasteiger partial charge in [0.15, 0.2) is 5.78 Å². The number of aryl methyl sites for hydroxylation is 1. The second-order valence-electron chi connectivity index (χ2n) is 4.03. The standard InChI is InChI=1S/C14H11F2NO/c1-8-6-9(2-4-12(8)15)14(18)11-7-10(17)3-5-13(11)16/h2-7H,17H2,1H3. The summed E-state index contributed by atoms with van der Waals surface area (Å²) in [6.45, 7) is 1.54. The van der Waals surface area contributed by atoms with Crippen molar-refractivity contribution >= 4 is 11.5 Å². The Bertz CT molecular complexity index is 623. The molecule has 0 spiro atoms. The minimum absolute atomic E-state index is 0.110. The number of rotatable bonds is 2. The van der Waals surface area contributed by atoms with E-state index in [1.54, 1.807) is 6.92 Å². The monoisotopic (exact) mass is 247 g/mol. The lowest BCUT2D eigenvalue weighted by molar-refractivity contribution is 0.103. The molecule has 0 unspecified atom stereocenters. The number of hydrogen-bond acceptors (Lipinski definition) is 2. The highest BCUT2D eigenvalue weighted by atomic mass is 19.1. The molecule has 0 aliphatic rings. The normalized spacial score (nSPS) is 10.4. The first-order valence-corrected chi connectivity index (χ1v) is 5.35. The number of nitrogen functional groups attached to an aromatic ring is 1. The number of hydrogen-bond donors (Lipinski definition) is 1. The van der Waals surface area contributed by atoms with E-state index >= 15 is 0 Å². The summed E-state index contributed by atoms with van der Waals surface area (Å²) >= 11 is 0. The zero-order chi connectivity index (χ0) is 13.3. The van der Waals surface area contributed by atoms with Gasteiger partial charge in [0, 0.05) is 11.3 Å². The van der Waals surface area contributed by atoms with Crippen LogP contribution in [0.15, 0.2) is 36.4 Å². The maximum absolute atomic E-state index is 13.5. The van der Waals surface area contributed by atoms with Crippen molar-refractivity contribution in [2.75, 3.05) is 5.73 Å². The topological polar surface area (TPSA) is 43.1 Å². The van der Waals surface area contributed by atoms with Gasteiger partial charge in [-0.1, -0.05) is 0 Å². The molecule has 0 amide bonds. The third-order valence-corrected chi connectivity index (χ3v) is 2.66. The maximum atomic E-state index is 13.5. The fraction of sp³-hybridized carbons (Fsp3) is 0.0714. The summed E-state index contributed by atoms with van der Waals surface area (Å²) < 4.78 is 26.6. The molecule has 0 radical (unpaired) electrons. The van der Waals surface area contributed by atoms with E-state index in [2.05, 4.69) is 0 Å². The average Bonchev–Trinajstić information content (AvgIpc) is 2.35. The molecule has 2 aromatic rings. The van der Waals surface area contributed by atoms with Crippen molar-refractivity contribution in [1.82, 2.24) is 0 Å². The molecule has 0 aliphatic heterocycles. The van der Waals surface area contributed by atoms with E-state index in [9.17, 15) is 13.6 Å². The molecule has 0 aromatic heterocycles. The molecule has 2 N–H and O–H groups in total. The van der Waals surface area contributed by atoms with Gasteiger partial charge in [0.25, 0.3) is 0 Å². The van der Waals surface area contributed by atoms with E-state index in [0.29, 0.717) is 11.3 Å². The fourth-order valence-corrected chi connectivity index (χ4v) is 1.66. The number of ketones is 1. The van der Waals surface area contributed by atoms with Gasteiger partial charge in [-0.25, -0.2) is 8.78 Å². The zero-order valence-corrected chi connectivity index (χ0v) is 9.71. The van der Waals surface area contributed by atoms with Crippen LogP contribution in [0.3, 0.4) is 0 Å². The minimum atomic E-state index is -0.642. The Morgan fingerprint density at radius 1 is 1.06 bits per heavy atom. The number of nitrogens with two attached hydrogens (primary N) is 1. The van der Waals surface area contributed by atoms with Crippen LogP contribution < -0.4 is 5.73 Å². The third kappa shape index (κ3) is 2.22. The molecule has 0 fully saturated rings. The fourth-order valence-electron chi connectivity index (χ4n) is 1.66.